The zero-order valence-electron chi connectivity index (χ0n) is 20.5. The van der Waals surface area contributed by atoms with Crippen molar-refractivity contribution in [3.63, 3.8) is 0 Å². The van der Waals surface area contributed by atoms with Gasteiger partial charge in [-0.2, -0.15) is 0 Å². The molecular weight excluding hydrogens is 525 g/mol. The lowest BCUT2D eigenvalue weighted by molar-refractivity contribution is 0.0516. The second-order valence-corrected chi connectivity index (χ2v) is 9.56. The summed E-state index contributed by atoms with van der Waals surface area (Å²) in [5.74, 6) is 0. The van der Waals surface area contributed by atoms with Crippen molar-refractivity contribution < 1.29 is 19.1 Å². The van der Waals surface area contributed by atoms with Crippen molar-refractivity contribution in [3.8, 4) is 0 Å². The maximum Gasteiger partial charge on any atom is 0.407 e. The van der Waals surface area contributed by atoms with Gasteiger partial charge in [0.2, 0.25) is 0 Å². The molecule has 1 rings (SSSR count). The van der Waals surface area contributed by atoms with E-state index in [-0.39, 0.29) is 36.2 Å². The lowest BCUT2D eigenvalue weighted by Gasteiger charge is -2.24. The summed E-state index contributed by atoms with van der Waals surface area (Å²) in [7, 11) is 0. The fraction of sp³-hybridized carbons (Fsp3) is 0.773. The maximum absolute atomic E-state index is 11.8. The van der Waals surface area contributed by atoms with Crippen LogP contribution in [0.2, 0.25) is 0 Å². The Morgan fingerprint density at radius 3 is 1.75 bits per heavy atom. The van der Waals surface area contributed by atoms with Crippen LogP contribution in [0.4, 0.5) is 9.59 Å². The lowest BCUT2D eigenvalue weighted by Crippen LogP contribution is -2.36. The van der Waals surface area contributed by atoms with Crippen LogP contribution in [0.1, 0.15) is 60.8 Å². The molecule has 0 fully saturated rings. The Kier molecular flexibility index (Phi) is 14.6. The minimum Gasteiger partial charge on any atom is -0.444 e. The van der Waals surface area contributed by atoms with Crippen LogP contribution in [-0.4, -0.2) is 70.6 Å². The van der Waals surface area contributed by atoms with Crippen molar-refractivity contribution in [2.75, 3.05) is 32.7 Å². The predicted molar refractivity (Wildman–Crippen MR) is 136 cm³/mol. The number of imidazole rings is 1. The summed E-state index contributed by atoms with van der Waals surface area (Å²) in [5.41, 5.74) is -0.991. The van der Waals surface area contributed by atoms with Gasteiger partial charge in [0.05, 0.1) is 6.33 Å². The SMILES string of the molecule is CC(C)(C)OC(=O)NCCCN(CCCNC(=O)OC(C)(C)C)CCCn1ccnc1.I. The fourth-order valence-electron chi connectivity index (χ4n) is 2.85. The standard InChI is InChI=1S/C22H41N5O4.HI/c1-21(2,3)30-19(28)24-10-7-13-26(15-9-16-27-17-12-23-18-27)14-8-11-25-20(29)31-22(4,5)6;/h12,17-18H,7-11,13-16H2,1-6H3,(H,24,28)(H,25,29);1H. The van der Waals surface area contributed by atoms with Gasteiger partial charge in [-0.05, 0) is 80.4 Å². The number of hydrogen-bond donors (Lipinski definition) is 2. The largest absolute Gasteiger partial charge is 0.444 e. The zero-order chi connectivity index (χ0) is 23.3. The van der Waals surface area contributed by atoms with Gasteiger partial charge in [0, 0.05) is 32.0 Å². The van der Waals surface area contributed by atoms with Crippen LogP contribution < -0.4 is 10.6 Å². The minimum atomic E-state index is -0.495. The van der Waals surface area contributed by atoms with Gasteiger partial charge in [-0.25, -0.2) is 14.6 Å². The third kappa shape index (κ3) is 17.0. The summed E-state index contributed by atoms with van der Waals surface area (Å²) in [4.78, 5) is 30.0. The number of aromatic nitrogens is 2. The zero-order valence-corrected chi connectivity index (χ0v) is 22.8. The molecule has 9 nitrogen and oxygen atoms in total. The van der Waals surface area contributed by atoms with Crippen molar-refractivity contribution >= 4 is 36.2 Å². The molecule has 0 saturated heterocycles. The number of nitrogens with one attached hydrogen (secondary N) is 2. The monoisotopic (exact) mass is 567 g/mol. The third-order valence-corrected chi connectivity index (χ3v) is 4.09. The number of ether oxygens (including phenoxy) is 2. The molecule has 0 radical (unpaired) electrons. The molecule has 2 N–H and O–H groups in total. The van der Waals surface area contributed by atoms with Gasteiger partial charge in [-0.15, -0.1) is 24.0 Å². The Morgan fingerprint density at radius 1 is 0.875 bits per heavy atom. The summed E-state index contributed by atoms with van der Waals surface area (Å²) in [5, 5.41) is 5.61. The molecule has 0 aliphatic carbocycles. The molecule has 0 aromatic carbocycles. The van der Waals surface area contributed by atoms with Crippen LogP contribution in [-0.2, 0) is 16.0 Å². The van der Waals surface area contributed by atoms with Crippen LogP contribution in [0.3, 0.4) is 0 Å². The number of hydrogen-bond acceptors (Lipinski definition) is 6. The molecule has 0 atom stereocenters. The Balaban J connectivity index is 0.00000961. The Labute approximate surface area is 210 Å². The molecule has 0 saturated carbocycles. The minimum absolute atomic E-state index is 0. The molecule has 2 amide bonds. The van der Waals surface area contributed by atoms with Crippen molar-refractivity contribution in [3.05, 3.63) is 18.7 Å². The molecule has 0 aliphatic heterocycles. The summed E-state index contributed by atoms with van der Waals surface area (Å²) in [6.07, 6.45) is 7.42. The maximum atomic E-state index is 11.8. The van der Waals surface area contributed by atoms with Crippen LogP contribution in [0, 0.1) is 0 Å². The highest BCUT2D eigenvalue weighted by Gasteiger charge is 2.16. The number of nitrogens with zero attached hydrogens (tertiary/aromatic N) is 3. The highest BCUT2D eigenvalue weighted by molar-refractivity contribution is 14.0. The number of alkyl carbamates (subject to hydrolysis) is 2. The highest BCUT2D eigenvalue weighted by atomic mass is 127. The van der Waals surface area contributed by atoms with Gasteiger partial charge in [0.15, 0.2) is 0 Å². The predicted octanol–water partition coefficient (Wildman–Crippen LogP) is 4.02. The van der Waals surface area contributed by atoms with E-state index in [0.717, 1.165) is 45.4 Å². The summed E-state index contributed by atoms with van der Waals surface area (Å²) >= 11 is 0. The Bertz CT molecular complexity index is 606. The number of aryl methyl sites for hydroxylation is 1. The first-order valence-corrected chi connectivity index (χ1v) is 11.1. The molecular formula is C22H42IN5O4. The lowest BCUT2D eigenvalue weighted by atomic mass is 10.2. The summed E-state index contributed by atoms with van der Waals surface area (Å²) in [6, 6.07) is 0. The number of carbonyl (C=O) groups excluding carboxylic acids is 2. The first-order chi connectivity index (χ1) is 14.4. The van der Waals surface area contributed by atoms with Crippen LogP contribution in [0.25, 0.3) is 0 Å². The molecule has 0 bridgehead atoms. The highest BCUT2D eigenvalue weighted by Crippen LogP contribution is 2.07. The first kappa shape index (κ1) is 30.4. The molecule has 0 unspecified atom stereocenters. The second kappa shape index (κ2) is 15.3. The van der Waals surface area contributed by atoms with Gasteiger partial charge in [-0.1, -0.05) is 0 Å². The van der Waals surface area contributed by atoms with Crippen LogP contribution in [0.5, 0.6) is 0 Å². The van der Waals surface area contributed by atoms with E-state index >= 15 is 0 Å². The Morgan fingerprint density at radius 2 is 1.34 bits per heavy atom. The van der Waals surface area contributed by atoms with Gasteiger partial charge in [0.1, 0.15) is 11.2 Å². The Hall–Kier alpha value is -1.56. The van der Waals surface area contributed by atoms with E-state index in [1.165, 1.54) is 0 Å². The van der Waals surface area contributed by atoms with Crippen molar-refractivity contribution in [1.82, 2.24) is 25.1 Å². The number of halogens is 1. The molecule has 0 spiro atoms. The van der Waals surface area contributed by atoms with E-state index in [1.54, 1.807) is 6.20 Å². The summed E-state index contributed by atoms with van der Waals surface area (Å²) in [6.45, 7) is 15.7. The van der Waals surface area contributed by atoms with E-state index in [4.69, 9.17) is 9.47 Å². The van der Waals surface area contributed by atoms with Crippen molar-refractivity contribution in [1.29, 1.82) is 0 Å². The van der Waals surface area contributed by atoms with E-state index < -0.39 is 11.2 Å². The average molecular weight is 568 g/mol. The van der Waals surface area contributed by atoms with Gasteiger partial charge in [0.25, 0.3) is 0 Å². The normalized spacial score (nSPS) is 11.6. The summed E-state index contributed by atoms with van der Waals surface area (Å²) < 4.78 is 12.6. The quantitative estimate of drug-likeness (QED) is 0.293. The molecule has 0 aliphatic rings. The molecule has 1 aromatic heterocycles. The third-order valence-electron chi connectivity index (χ3n) is 4.09. The average Bonchev–Trinajstić information content (AvgIpc) is 3.12. The van der Waals surface area contributed by atoms with Crippen molar-refractivity contribution in [2.24, 2.45) is 0 Å². The van der Waals surface area contributed by atoms with E-state index in [2.05, 4.69) is 25.1 Å². The van der Waals surface area contributed by atoms with E-state index in [9.17, 15) is 9.59 Å². The first-order valence-electron chi connectivity index (χ1n) is 11.1. The van der Waals surface area contributed by atoms with E-state index in [0.29, 0.717) is 13.1 Å². The van der Waals surface area contributed by atoms with Crippen LogP contribution >= 0.6 is 24.0 Å². The second-order valence-electron chi connectivity index (χ2n) is 9.56. The number of amides is 2. The smallest absolute Gasteiger partial charge is 0.407 e. The van der Waals surface area contributed by atoms with Crippen molar-refractivity contribution in [2.45, 2.75) is 78.6 Å². The number of carbonyl (C=O) groups is 2. The topological polar surface area (TPSA) is 97.7 Å². The molecule has 10 heteroatoms. The van der Waals surface area contributed by atoms with Gasteiger partial charge in [-0.3, -0.25) is 0 Å². The van der Waals surface area contributed by atoms with Gasteiger partial charge >= 0.3 is 12.2 Å². The van der Waals surface area contributed by atoms with Gasteiger partial charge < -0.3 is 29.6 Å². The molecule has 1 heterocycles. The number of rotatable bonds is 12. The molecule has 1 aromatic rings. The molecule has 32 heavy (non-hydrogen) atoms. The molecule has 186 valence electrons. The van der Waals surface area contributed by atoms with Crippen LogP contribution in [0.15, 0.2) is 18.7 Å². The van der Waals surface area contributed by atoms with E-state index in [1.807, 2.05) is 54.1 Å². The fourth-order valence-corrected chi connectivity index (χ4v) is 2.85.